The molecule has 0 aliphatic heterocycles. The number of hydrogen-bond donors (Lipinski definition) is 2. The van der Waals surface area contributed by atoms with Crippen molar-refractivity contribution in [2.45, 2.75) is 40.5 Å². The number of nitrogens with one attached hydrogen (secondary N) is 1. The number of aromatic amines is 1. The van der Waals surface area contributed by atoms with E-state index in [0.29, 0.717) is 16.5 Å². The molecule has 2 aromatic heterocycles. The van der Waals surface area contributed by atoms with Gasteiger partial charge in [0.25, 0.3) is 0 Å². The minimum atomic E-state index is -0.933. The summed E-state index contributed by atoms with van der Waals surface area (Å²) in [4.78, 5) is 22.5. The lowest BCUT2D eigenvalue weighted by atomic mass is 9.76. The van der Waals surface area contributed by atoms with Crippen LogP contribution in [-0.2, 0) is 11.2 Å². The fourth-order valence-corrected chi connectivity index (χ4v) is 3.31. The zero-order chi connectivity index (χ0) is 20.6. The second-order valence-corrected chi connectivity index (χ2v) is 8.22. The monoisotopic (exact) mass is 387 g/mol. The fraction of sp³-hybridized carbons (Fsp3) is 0.381. The van der Waals surface area contributed by atoms with Crippen LogP contribution in [0.1, 0.15) is 38.4 Å². The number of carboxylic acid groups (broad SMARTS) is 1. The molecule has 0 aliphatic rings. The van der Waals surface area contributed by atoms with E-state index >= 15 is 0 Å². The number of halogens is 2. The van der Waals surface area contributed by atoms with Gasteiger partial charge in [-0.15, -0.1) is 0 Å². The van der Waals surface area contributed by atoms with Crippen molar-refractivity contribution in [3.05, 3.63) is 47.4 Å². The smallest absolute Gasteiger partial charge is 0.303 e. The van der Waals surface area contributed by atoms with Crippen molar-refractivity contribution in [2.24, 2.45) is 11.3 Å². The molecular weight excluding hydrogens is 364 g/mol. The van der Waals surface area contributed by atoms with Gasteiger partial charge in [-0.25, -0.2) is 18.7 Å². The van der Waals surface area contributed by atoms with E-state index < -0.39 is 11.8 Å². The molecule has 28 heavy (non-hydrogen) atoms. The summed E-state index contributed by atoms with van der Waals surface area (Å²) in [6.07, 6.45) is 2.78. The lowest BCUT2D eigenvalue weighted by Gasteiger charge is -2.29. The first kappa shape index (κ1) is 19.9. The molecule has 0 fully saturated rings. The highest BCUT2D eigenvalue weighted by atomic mass is 19.1. The van der Waals surface area contributed by atoms with Gasteiger partial charge in [-0.05, 0) is 42.4 Å². The number of fused-ring (bicyclic) bond motifs is 1. The molecule has 0 bridgehead atoms. The molecule has 0 amide bonds. The number of H-pyrrole nitrogens is 1. The molecular formula is C21H23F2N3O2. The summed E-state index contributed by atoms with van der Waals surface area (Å²) < 4.78 is 28.6. The van der Waals surface area contributed by atoms with Crippen molar-refractivity contribution in [1.29, 1.82) is 0 Å². The van der Waals surface area contributed by atoms with Crippen molar-refractivity contribution in [3.63, 3.8) is 0 Å². The van der Waals surface area contributed by atoms with E-state index in [1.165, 1.54) is 6.07 Å². The number of aliphatic carboxylic acids is 1. The first-order valence-corrected chi connectivity index (χ1v) is 9.07. The average molecular weight is 387 g/mol. The van der Waals surface area contributed by atoms with Crippen molar-refractivity contribution >= 4 is 16.9 Å². The van der Waals surface area contributed by atoms with Crippen LogP contribution in [0.5, 0.6) is 0 Å². The Morgan fingerprint density at radius 3 is 2.61 bits per heavy atom. The van der Waals surface area contributed by atoms with Crippen LogP contribution in [0.2, 0.25) is 0 Å². The van der Waals surface area contributed by atoms with E-state index in [2.05, 4.69) is 15.0 Å². The third-order valence-electron chi connectivity index (χ3n) is 5.03. The molecule has 3 aromatic rings. The number of carboxylic acids is 1. The van der Waals surface area contributed by atoms with Crippen LogP contribution in [0, 0.1) is 29.9 Å². The third kappa shape index (κ3) is 4.03. The molecule has 0 aliphatic carbocycles. The average Bonchev–Trinajstić information content (AvgIpc) is 2.99. The zero-order valence-corrected chi connectivity index (χ0v) is 16.3. The maximum absolute atomic E-state index is 14.4. The normalized spacial score (nSPS) is 13.1. The van der Waals surface area contributed by atoms with Gasteiger partial charge in [0, 0.05) is 23.6 Å². The van der Waals surface area contributed by atoms with E-state index in [-0.39, 0.29) is 41.5 Å². The maximum Gasteiger partial charge on any atom is 0.303 e. The van der Waals surface area contributed by atoms with Gasteiger partial charge in [-0.2, -0.15) is 0 Å². The van der Waals surface area contributed by atoms with Gasteiger partial charge < -0.3 is 10.1 Å². The van der Waals surface area contributed by atoms with E-state index in [1.807, 2.05) is 26.8 Å². The van der Waals surface area contributed by atoms with E-state index in [1.54, 1.807) is 13.1 Å². The molecule has 1 unspecified atom stereocenters. The van der Waals surface area contributed by atoms with Gasteiger partial charge in [-0.1, -0.05) is 20.8 Å². The minimum absolute atomic E-state index is 0.0836. The number of carbonyl (C=O) groups is 1. The minimum Gasteiger partial charge on any atom is -0.481 e. The summed E-state index contributed by atoms with van der Waals surface area (Å²) in [6, 6.07) is 3.25. The molecule has 0 saturated heterocycles. The van der Waals surface area contributed by atoms with E-state index in [0.717, 1.165) is 11.8 Å². The summed E-state index contributed by atoms with van der Waals surface area (Å²) >= 11 is 0. The molecule has 7 heteroatoms. The van der Waals surface area contributed by atoms with Gasteiger partial charge in [0.15, 0.2) is 11.6 Å². The SMILES string of the molecule is Cc1cc(F)c2[nH]cc(-c3ncc(F)c(CC(CC(=O)O)C(C)(C)C)n3)c2c1. The van der Waals surface area contributed by atoms with Gasteiger partial charge >= 0.3 is 5.97 Å². The van der Waals surface area contributed by atoms with Crippen LogP contribution in [0.15, 0.2) is 24.5 Å². The Hall–Kier alpha value is -2.83. The van der Waals surface area contributed by atoms with Crippen molar-refractivity contribution < 1.29 is 18.7 Å². The summed E-state index contributed by atoms with van der Waals surface area (Å²) in [6.45, 7) is 7.56. The predicted molar refractivity (Wildman–Crippen MR) is 103 cm³/mol. The van der Waals surface area contributed by atoms with Crippen molar-refractivity contribution in [1.82, 2.24) is 15.0 Å². The quantitative estimate of drug-likeness (QED) is 0.653. The zero-order valence-electron chi connectivity index (χ0n) is 16.3. The van der Waals surface area contributed by atoms with Crippen LogP contribution >= 0.6 is 0 Å². The molecule has 2 heterocycles. The largest absolute Gasteiger partial charge is 0.481 e. The summed E-state index contributed by atoms with van der Waals surface area (Å²) in [7, 11) is 0. The molecule has 2 N–H and O–H groups in total. The first-order valence-electron chi connectivity index (χ1n) is 9.07. The lowest BCUT2D eigenvalue weighted by Crippen LogP contribution is -2.26. The van der Waals surface area contributed by atoms with Crippen molar-refractivity contribution in [3.8, 4) is 11.4 Å². The van der Waals surface area contributed by atoms with E-state index in [9.17, 15) is 18.7 Å². The third-order valence-corrected chi connectivity index (χ3v) is 5.03. The number of rotatable bonds is 5. The Labute approximate surface area is 161 Å². The Bertz CT molecular complexity index is 1040. The summed E-state index contributed by atoms with van der Waals surface area (Å²) in [5.74, 6) is -1.92. The molecule has 1 aromatic carbocycles. The van der Waals surface area contributed by atoms with Gasteiger partial charge in [0.05, 0.1) is 17.4 Å². The number of aryl methyl sites for hydroxylation is 1. The van der Waals surface area contributed by atoms with Crippen LogP contribution in [0.3, 0.4) is 0 Å². The summed E-state index contributed by atoms with van der Waals surface area (Å²) in [5.41, 5.74) is 1.49. The number of hydrogen-bond acceptors (Lipinski definition) is 3. The Kier molecular flexibility index (Phi) is 5.19. The molecule has 0 spiro atoms. The number of nitrogens with zero attached hydrogens (tertiary/aromatic N) is 2. The standard InChI is InChI=1S/C21H23F2N3O2/c1-11-5-13-14(9-24-19(13)15(22)6-11)20-25-10-16(23)17(26-20)7-12(8-18(27)28)21(2,3)4/h5-6,9-10,12,24H,7-8H2,1-4H3,(H,27,28). The van der Waals surface area contributed by atoms with Crippen molar-refractivity contribution in [2.75, 3.05) is 0 Å². The second-order valence-electron chi connectivity index (χ2n) is 8.22. The molecule has 0 saturated carbocycles. The van der Waals surface area contributed by atoms with E-state index in [4.69, 9.17) is 0 Å². The predicted octanol–water partition coefficient (Wildman–Crippen LogP) is 4.89. The molecule has 3 rings (SSSR count). The highest BCUT2D eigenvalue weighted by molar-refractivity contribution is 5.94. The topological polar surface area (TPSA) is 78.9 Å². The molecule has 148 valence electrons. The van der Waals surface area contributed by atoms with Gasteiger partial charge in [0.1, 0.15) is 5.82 Å². The fourth-order valence-electron chi connectivity index (χ4n) is 3.31. The maximum atomic E-state index is 14.4. The van der Waals surface area contributed by atoms with Gasteiger partial charge in [-0.3, -0.25) is 4.79 Å². The van der Waals surface area contributed by atoms with Crippen LogP contribution < -0.4 is 0 Å². The first-order chi connectivity index (χ1) is 13.1. The molecule has 1 atom stereocenters. The lowest BCUT2D eigenvalue weighted by molar-refractivity contribution is -0.139. The number of benzene rings is 1. The highest BCUT2D eigenvalue weighted by Crippen LogP contribution is 2.33. The van der Waals surface area contributed by atoms with Crippen LogP contribution in [0.25, 0.3) is 22.3 Å². The summed E-state index contributed by atoms with van der Waals surface area (Å²) in [5, 5.41) is 9.82. The van der Waals surface area contributed by atoms with Gasteiger partial charge in [0.2, 0.25) is 0 Å². The number of aromatic nitrogens is 3. The Morgan fingerprint density at radius 1 is 1.25 bits per heavy atom. The molecule has 0 radical (unpaired) electrons. The molecule has 5 nitrogen and oxygen atoms in total. The van der Waals surface area contributed by atoms with Crippen LogP contribution in [0.4, 0.5) is 8.78 Å². The highest BCUT2D eigenvalue weighted by Gasteiger charge is 2.29. The second kappa shape index (κ2) is 7.30. The Morgan fingerprint density at radius 2 is 1.96 bits per heavy atom. The Balaban J connectivity index is 2.04. The van der Waals surface area contributed by atoms with Crippen LogP contribution in [-0.4, -0.2) is 26.0 Å².